The number of hydrogen-bond donors (Lipinski definition) is 3. The molecule has 3 rings (SSSR count). The van der Waals surface area contributed by atoms with Crippen molar-refractivity contribution in [1.29, 1.82) is 0 Å². The second-order valence-corrected chi connectivity index (χ2v) is 4.91. The Hall–Kier alpha value is -2.26. The molecule has 2 aromatic carbocycles. The molecule has 3 aromatic rings. The molecule has 0 unspecified atom stereocenters. The number of nitrogens with one attached hydrogen (secondary N) is 3. The zero-order valence-electron chi connectivity index (χ0n) is 11.6. The normalized spacial score (nSPS) is 10.8. The molecule has 1 aromatic heterocycles. The summed E-state index contributed by atoms with van der Waals surface area (Å²) >= 11 is 0. The Morgan fingerprint density at radius 2 is 1.90 bits per heavy atom. The van der Waals surface area contributed by atoms with Crippen molar-refractivity contribution in [1.82, 2.24) is 10.3 Å². The van der Waals surface area contributed by atoms with E-state index in [1.807, 2.05) is 7.05 Å². The van der Waals surface area contributed by atoms with Gasteiger partial charge in [-0.05, 0) is 29.3 Å². The fraction of sp³-hybridized carbons (Fsp3) is 0.176. The van der Waals surface area contributed by atoms with E-state index in [1.54, 1.807) is 0 Å². The molecule has 0 amide bonds. The summed E-state index contributed by atoms with van der Waals surface area (Å²) in [6, 6.07) is 16.9. The molecule has 20 heavy (non-hydrogen) atoms. The molecular weight excluding hydrogens is 246 g/mol. The lowest BCUT2D eigenvalue weighted by molar-refractivity contribution is 0.696. The van der Waals surface area contributed by atoms with Crippen LogP contribution in [0.2, 0.25) is 0 Å². The highest BCUT2D eigenvalue weighted by molar-refractivity contribution is 5.82. The summed E-state index contributed by atoms with van der Waals surface area (Å²) in [7, 11) is 1.94. The fourth-order valence-corrected chi connectivity index (χ4v) is 2.46. The molecule has 0 saturated heterocycles. The van der Waals surface area contributed by atoms with Crippen molar-refractivity contribution < 1.29 is 0 Å². The van der Waals surface area contributed by atoms with E-state index in [-0.39, 0.29) is 0 Å². The predicted molar refractivity (Wildman–Crippen MR) is 84.8 cm³/mol. The Balaban J connectivity index is 1.65. The van der Waals surface area contributed by atoms with Crippen LogP contribution in [-0.4, -0.2) is 12.0 Å². The summed E-state index contributed by atoms with van der Waals surface area (Å²) in [5.41, 5.74) is 4.94. The number of rotatable bonds is 5. The third-order valence-electron chi connectivity index (χ3n) is 3.54. The van der Waals surface area contributed by atoms with Gasteiger partial charge in [-0.25, -0.2) is 0 Å². The molecule has 0 saturated carbocycles. The molecule has 0 bridgehead atoms. The molecule has 0 spiro atoms. The van der Waals surface area contributed by atoms with Gasteiger partial charge in [0.1, 0.15) is 0 Å². The number of hydrogen-bond acceptors (Lipinski definition) is 2. The number of H-pyrrole nitrogens is 1. The second kappa shape index (κ2) is 5.80. The number of para-hydroxylation sites is 1. The van der Waals surface area contributed by atoms with Crippen molar-refractivity contribution in [3.8, 4) is 0 Å². The number of aromatic amines is 1. The van der Waals surface area contributed by atoms with Gasteiger partial charge in [0.05, 0.1) is 0 Å². The average Bonchev–Trinajstić information content (AvgIpc) is 2.91. The first-order valence-electron chi connectivity index (χ1n) is 6.89. The highest BCUT2D eigenvalue weighted by Gasteiger charge is 2.02. The SMILES string of the molecule is CNc1cccc(CNCc2c[nH]c3ccccc23)c1. The van der Waals surface area contributed by atoms with Gasteiger partial charge < -0.3 is 15.6 Å². The number of benzene rings is 2. The van der Waals surface area contributed by atoms with Crippen LogP contribution in [0.1, 0.15) is 11.1 Å². The maximum absolute atomic E-state index is 3.50. The molecule has 0 fully saturated rings. The molecule has 0 aliphatic heterocycles. The molecule has 3 heteroatoms. The van der Waals surface area contributed by atoms with Gasteiger partial charge in [-0.15, -0.1) is 0 Å². The van der Waals surface area contributed by atoms with Crippen LogP contribution >= 0.6 is 0 Å². The minimum Gasteiger partial charge on any atom is -0.388 e. The molecule has 102 valence electrons. The molecule has 0 atom stereocenters. The van der Waals surface area contributed by atoms with Gasteiger partial charge in [0, 0.05) is 42.9 Å². The van der Waals surface area contributed by atoms with Crippen molar-refractivity contribution in [3.05, 3.63) is 65.9 Å². The first-order chi connectivity index (χ1) is 9.86. The highest BCUT2D eigenvalue weighted by Crippen LogP contribution is 2.17. The van der Waals surface area contributed by atoms with Crippen LogP contribution in [0.3, 0.4) is 0 Å². The molecule has 3 N–H and O–H groups in total. The van der Waals surface area contributed by atoms with Crippen LogP contribution in [0.15, 0.2) is 54.7 Å². The predicted octanol–water partition coefficient (Wildman–Crippen LogP) is 3.50. The van der Waals surface area contributed by atoms with Crippen molar-refractivity contribution in [2.75, 3.05) is 12.4 Å². The first-order valence-corrected chi connectivity index (χ1v) is 6.89. The summed E-state index contributed by atoms with van der Waals surface area (Å²) in [6.45, 7) is 1.74. The summed E-state index contributed by atoms with van der Waals surface area (Å²) < 4.78 is 0. The quantitative estimate of drug-likeness (QED) is 0.660. The molecule has 0 aliphatic carbocycles. The van der Waals surface area contributed by atoms with E-state index < -0.39 is 0 Å². The topological polar surface area (TPSA) is 39.8 Å². The summed E-state index contributed by atoms with van der Waals surface area (Å²) in [5, 5.41) is 7.96. The molecular formula is C17H19N3. The zero-order valence-corrected chi connectivity index (χ0v) is 11.6. The van der Waals surface area contributed by atoms with Crippen molar-refractivity contribution in [2.45, 2.75) is 13.1 Å². The van der Waals surface area contributed by atoms with E-state index in [9.17, 15) is 0 Å². The Labute approximate surface area is 119 Å². The second-order valence-electron chi connectivity index (χ2n) is 4.91. The molecule has 1 heterocycles. The largest absolute Gasteiger partial charge is 0.388 e. The summed E-state index contributed by atoms with van der Waals surface area (Å²) in [4.78, 5) is 3.31. The van der Waals surface area contributed by atoms with E-state index >= 15 is 0 Å². The van der Waals surface area contributed by atoms with E-state index in [2.05, 4.69) is 70.3 Å². The Bertz CT molecular complexity index is 700. The number of anilines is 1. The minimum absolute atomic E-state index is 0.869. The molecule has 3 nitrogen and oxygen atoms in total. The van der Waals surface area contributed by atoms with Gasteiger partial charge in [0.2, 0.25) is 0 Å². The summed E-state index contributed by atoms with van der Waals surface area (Å²) in [6.07, 6.45) is 2.09. The highest BCUT2D eigenvalue weighted by atomic mass is 14.9. The van der Waals surface area contributed by atoms with Gasteiger partial charge in [-0.3, -0.25) is 0 Å². The third-order valence-corrected chi connectivity index (χ3v) is 3.54. The van der Waals surface area contributed by atoms with Gasteiger partial charge in [-0.1, -0.05) is 30.3 Å². The van der Waals surface area contributed by atoms with Gasteiger partial charge >= 0.3 is 0 Å². The van der Waals surface area contributed by atoms with Crippen LogP contribution < -0.4 is 10.6 Å². The van der Waals surface area contributed by atoms with Gasteiger partial charge in [0.25, 0.3) is 0 Å². The van der Waals surface area contributed by atoms with Crippen molar-refractivity contribution in [3.63, 3.8) is 0 Å². The summed E-state index contributed by atoms with van der Waals surface area (Å²) in [5.74, 6) is 0. The smallest absolute Gasteiger partial charge is 0.0457 e. The van der Waals surface area contributed by atoms with Crippen LogP contribution in [0.25, 0.3) is 10.9 Å². The zero-order chi connectivity index (χ0) is 13.8. The maximum atomic E-state index is 3.50. The van der Waals surface area contributed by atoms with Crippen molar-refractivity contribution in [2.24, 2.45) is 0 Å². The van der Waals surface area contributed by atoms with E-state index in [0.717, 1.165) is 18.8 Å². The lowest BCUT2D eigenvalue weighted by atomic mass is 10.1. The average molecular weight is 265 g/mol. The van der Waals surface area contributed by atoms with E-state index in [1.165, 1.54) is 22.0 Å². The Kier molecular flexibility index (Phi) is 3.70. The first kappa shape index (κ1) is 12.8. The van der Waals surface area contributed by atoms with Gasteiger partial charge in [-0.2, -0.15) is 0 Å². The lowest BCUT2D eigenvalue weighted by Crippen LogP contribution is -2.12. The maximum Gasteiger partial charge on any atom is 0.0457 e. The van der Waals surface area contributed by atoms with E-state index in [0.29, 0.717) is 0 Å². The monoisotopic (exact) mass is 265 g/mol. The third kappa shape index (κ3) is 2.68. The Morgan fingerprint density at radius 1 is 1.00 bits per heavy atom. The molecule has 0 radical (unpaired) electrons. The number of aromatic nitrogens is 1. The van der Waals surface area contributed by atoms with Crippen LogP contribution in [0, 0.1) is 0 Å². The lowest BCUT2D eigenvalue weighted by Gasteiger charge is -2.06. The van der Waals surface area contributed by atoms with Crippen LogP contribution in [0.4, 0.5) is 5.69 Å². The van der Waals surface area contributed by atoms with E-state index in [4.69, 9.17) is 0 Å². The van der Waals surface area contributed by atoms with Gasteiger partial charge in [0.15, 0.2) is 0 Å². The number of fused-ring (bicyclic) bond motifs is 1. The van der Waals surface area contributed by atoms with Crippen LogP contribution in [-0.2, 0) is 13.1 Å². The Morgan fingerprint density at radius 3 is 2.80 bits per heavy atom. The minimum atomic E-state index is 0.869. The molecule has 0 aliphatic rings. The standard InChI is InChI=1S/C17H19N3/c1-18-15-6-4-5-13(9-15)10-19-11-14-12-20-17-8-3-2-7-16(14)17/h2-9,12,18-20H,10-11H2,1H3. The fourth-order valence-electron chi connectivity index (χ4n) is 2.46. The van der Waals surface area contributed by atoms with Crippen LogP contribution in [0.5, 0.6) is 0 Å². The van der Waals surface area contributed by atoms with Crippen molar-refractivity contribution >= 4 is 16.6 Å².